The minimum atomic E-state index is -0.573. The van der Waals surface area contributed by atoms with Crippen molar-refractivity contribution in [1.29, 1.82) is 0 Å². The number of rotatable bonds is 6. The standard InChI is InChI=1S/C30H26FN5O3/c1-3-33-30(39)34-19-11-12-22-25(15-19)35-27-23(28(32)37)14-13-21(26(22)27)20-5-4-6-24(16(20)2)36-29(38)17-7-9-18(31)10-8-17/h4-15,35H,3H2,1-2H3,(H2,32,37)(H,36,38)(H2,33,34,39). The lowest BCUT2D eigenvalue weighted by Crippen LogP contribution is -2.28. The molecule has 4 aromatic carbocycles. The molecule has 0 radical (unpaired) electrons. The number of nitrogens with two attached hydrogens (primary N) is 1. The summed E-state index contributed by atoms with van der Waals surface area (Å²) in [4.78, 5) is 40.4. The molecule has 0 aliphatic rings. The van der Waals surface area contributed by atoms with Crippen molar-refractivity contribution in [2.24, 2.45) is 5.73 Å². The average molecular weight is 524 g/mol. The van der Waals surface area contributed by atoms with Crippen LogP contribution in [0.2, 0.25) is 0 Å². The summed E-state index contributed by atoms with van der Waals surface area (Å²) in [5, 5.41) is 10.0. The number of hydrogen-bond donors (Lipinski definition) is 5. The quantitative estimate of drug-likeness (QED) is 0.189. The zero-order chi connectivity index (χ0) is 27.7. The van der Waals surface area contributed by atoms with Gasteiger partial charge in [0.05, 0.1) is 11.1 Å². The fraction of sp³-hybridized carbons (Fsp3) is 0.100. The van der Waals surface area contributed by atoms with E-state index in [0.29, 0.717) is 40.1 Å². The maximum Gasteiger partial charge on any atom is 0.319 e. The Balaban J connectivity index is 1.61. The fourth-order valence-corrected chi connectivity index (χ4v) is 4.71. The van der Waals surface area contributed by atoms with Gasteiger partial charge in [-0.05, 0) is 79.1 Å². The minimum Gasteiger partial charge on any atom is -0.366 e. The molecule has 0 spiro atoms. The highest BCUT2D eigenvalue weighted by Crippen LogP contribution is 2.39. The molecule has 0 fully saturated rings. The number of H-pyrrole nitrogens is 1. The van der Waals surface area contributed by atoms with E-state index in [2.05, 4.69) is 20.9 Å². The SMILES string of the molecule is CCNC(=O)Nc1ccc2c(c1)[nH]c1c(C(N)=O)ccc(-c3cccc(NC(=O)c4ccc(F)cc4)c3C)c12. The van der Waals surface area contributed by atoms with Crippen LogP contribution in [0.25, 0.3) is 32.9 Å². The summed E-state index contributed by atoms with van der Waals surface area (Å²) in [5.41, 5.74) is 11.3. The van der Waals surface area contributed by atoms with Crippen molar-refractivity contribution in [2.75, 3.05) is 17.2 Å². The molecule has 0 atom stereocenters. The Morgan fingerprint density at radius 3 is 2.41 bits per heavy atom. The Labute approximate surface area is 223 Å². The topological polar surface area (TPSA) is 129 Å². The van der Waals surface area contributed by atoms with Crippen LogP contribution in [0.5, 0.6) is 0 Å². The molecule has 8 nitrogen and oxygen atoms in total. The van der Waals surface area contributed by atoms with Crippen molar-refractivity contribution >= 4 is 51.0 Å². The molecule has 39 heavy (non-hydrogen) atoms. The summed E-state index contributed by atoms with van der Waals surface area (Å²) in [6.07, 6.45) is 0. The van der Waals surface area contributed by atoms with Gasteiger partial charge in [0.1, 0.15) is 5.82 Å². The van der Waals surface area contributed by atoms with Crippen molar-refractivity contribution in [3.8, 4) is 11.1 Å². The number of anilines is 2. The van der Waals surface area contributed by atoms with Crippen LogP contribution >= 0.6 is 0 Å². The second-order valence-electron chi connectivity index (χ2n) is 9.08. The number of carbonyl (C=O) groups is 3. The lowest BCUT2D eigenvalue weighted by molar-refractivity contribution is 0.0998. The largest absolute Gasteiger partial charge is 0.366 e. The molecule has 6 N–H and O–H groups in total. The van der Waals surface area contributed by atoms with E-state index in [0.717, 1.165) is 27.5 Å². The molecule has 0 aliphatic heterocycles. The van der Waals surface area contributed by atoms with E-state index in [-0.39, 0.29) is 11.9 Å². The van der Waals surface area contributed by atoms with E-state index in [4.69, 9.17) is 5.73 Å². The molecule has 0 bridgehead atoms. The third kappa shape index (κ3) is 4.89. The summed E-state index contributed by atoms with van der Waals surface area (Å²) in [5.74, 6) is -1.35. The van der Waals surface area contributed by atoms with Crippen molar-refractivity contribution in [3.63, 3.8) is 0 Å². The van der Waals surface area contributed by atoms with Gasteiger partial charge in [-0.3, -0.25) is 9.59 Å². The third-order valence-corrected chi connectivity index (χ3v) is 6.59. The number of aromatic nitrogens is 1. The first kappa shape index (κ1) is 25.5. The van der Waals surface area contributed by atoms with Gasteiger partial charge in [-0.25, -0.2) is 9.18 Å². The number of carbonyl (C=O) groups excluding carboxylic acids is 3. The number of nitrogens with one attached hydrogen (secondary N) is 4. The van der Waals surface area contributed by atoms with Crippen molar-refractivity contribution in [2.45, 2.75) is 13.8 Å². The first-order chi connectivity index (χ1) is 18.8. The van der Waals surface area contributed by atoms with E-state index < -0.39 is 11.7 Å². The second-order valence-corrected chi connectivity index (χ2v) is 9.08. The van der Waals surface area contributed by atoms with Gasteiger partial charge in [-0.15, -0.1) is 0 Å². The maximum atomic E-state index is 13.3. The Morgan fingerprint density at radius 1 is 0.923 bits per heavy atom. The smallest absolute Gasteiger partial charge is 0.319 e. The number of aromatic amines is 1. The van der Waals surface area contributed by atoms with Crippen LogP contribution in [-0.2, 0) is 0 Å². The number of fused-ring (bicyclic) bond motifs is 3. The van der Waals surface area contributed by atoms with Gasteiger partial charge in [0.2, 0.25) is 0 Å². The second kappa shape index (κ2) is 10.3. The number of halogens is 1. The lowest BCUT2D eigenvalue weighted by Gasteiger charge is -2.15. The summed E-state index contributed by atoms with van der Waals surface area (Å²) < 4.78 is 13.3. The summed E-state index contributed by atoms with van der Waals surface area (Å²) in [6, 6.07) is 19.6. The summed E-state index contributed by atoms with van der Waals surface area (Å²) in [6.45, 7) is 4.22. The van der Waals surface area contributed by atoms with Gasteiger partial charge in [-0.2, -0.15) is 0 Å². The molecule has 5 rings (SSSR count). The van der Waals surface area contributed by atoms with Crippen LogP contribution in [0.3, 0.4) is 0 Å². The predicted molar refractivity (Wildman–Crippen MR) is 152 cm³/mol. The van der Waals surface area contributed by atoms with E-state index in [1.807, 2.05) is 38.1 Å². The van der Waals surface area contributed by atoms with Gasteiger partial charge >= 0.3 is 6.03 Å². The molecular weight excluding hydrogens is 497 g/mol. The highest BCUT2D eigenvalue weighted by molar-refractivity contribution is 6.20. The Bertz CT molecular complexity index is 1760. The Hall–Kier alpha value is -5.18. The maximum absolute atomic E-state index is 13.3. The molecule has 0 saturated heterocycles. The van der Waals surface area contributed by atoms with E-state index in [1.54, 1.807) is 24.3 Å². The van der Waals surface area contributed by atoms with Crippen LogP contribution in [0, 0.1) is 12.7 Å². The van der Waals surface area contributed by atoms with Crippen LogP contribution in [0.15, 0.2) is 72.8 Å². The van der Waals surface area contributed by atoms with E-state index in [1.165, 1.54) is 24.3 Å². The zero-order valence-corrected chi connectivity index (χ0v) is 21.3. The van der Waals surface area contributed by atoms with Crippen LogP contribution < -0.4 is 21.7 Å². The van der Waals surface area contributed by atoms with Crippen molar-refractivity contribution in [1.82, 2.24) is 10.3 Å². The molecule has 0 saturated carbocycles. The zero-order valence-electron chi connectivity index (χ0n) is 21.3. The molecule has 0 unspecified atom stereocenters. The van der Waals surface area contributed by atoms with Crippen LogP contribution in [0.1, 0.15) is 33.2 Å². The van der Waals surface area contributed by atoms with Gasteiger partial charge in [-0.1, -0.05) is 24.3 Å². The molecule has 4 amide bonds. The first-order valence-electron chi connectivity index (χ1n) is 12.4. The first-order valence-corrected chi connectivity index (χ1v) is 12.4. The predicted octanol–water partition coefficient (Wildman–Crippen LogP) is 5.93. The fourth-order valence-electron chi connectivity index (χ4n) is 4.71. The third-order valence-electron chi connectivity index (χ3n) is 6.59. The highest BCUT2D eigenvalue weighted by Gasteiger charge is 2.19. The van der Waals surface area contributed by atoms with Crippen molar-refractivity contribution < 1.29 is 18.8 Å². The van der Waals surface area contributed by atoms with Crippen LogP contribution in [0.4, 0.5) is 20.6 Å². The molecular formula is C30H26FN5O3. The molecule has 5 aromatic rings. The van der Waals surface area contributed by atoms with E-state index in [9.17, 15) is 18.8 Å². The van der Waals surface area contributed by atoms with Crippen LogP contribution in [-0.4, -0.2) is 29.4 Å². The number of amides is 4. The highest BCUT2D eigenvalue weighted by atomic mass is 19.1. The molecule has 1 heterocycles. The minimum absolute atomic E-state index is 0.318. The van der Waals surface area contributed by atoms with Gasteiger partial charge < -0.3 is 26.7 Å². The molecule has 9 heteroatoms. The number of primary amides is 1. The number of urea groups is 1. The monoisotopic (exact) mass is 523 g/mol. The Kier molecular flexibility index (Phi) is 6.72. The van der Waals surface area contributed by atoms with Gasteiger partial charge in [0, 0.05) is 39.8 Å². The summed E-state index contributed by atoms with van der Waals surface area (Å²) in [7, 11) is 0. The molecule has 0 aliphatic carbocycles. The van der Waals surface area contributed by atoms with E-state index >= 15 is 0 Å². The Morgan fingerprint density at radius 2 is 1.69 bits per heavy atom. The number of hydrogen-bond acceptors (Lipinski definition) is 3. The molecule has 1 aromatic heterocycles. The van der Waals surface area contributed by atoms with Crippen molar-refractivity contribution in [3.05, 3.63) is 95.3 Å². The summed E-state index contributed by atoms with van der Waals surface area (Å²) >= 11 is 0. The average Bonchev–Trinajstić information content (AvgIpc) is 3.28. The normalized spacial score (nSPS) is 10.9. The van der Waals surface area contributed by atoms with Gasteiger partial charge in [0.25, 0.3) is 11.8 Å². The van der Waals surface area contributed by atoms with Gasteiger partial charge in [0.15, 0.2) is 0 Å². The number of benzene rings is 4. The lowest BCUT2D eigenvalue weighted by atomic mass is 9.93. The molecule has 196 valence electrons.